The highest BCUT2D eigenvalue weighted by Crippen LogP contribution is 2.35. The summed E-state index contributed by atoms with van der Waals surface area (Å²) in [7, 11) is 3.83. The lowest BCUT2D eigenvalue weighted by Gasteiger charge is -2.19. The van der Waals surface area contributed by atoms with E-state index in [1.54, 1.807) is 18.2 Å². The van der Waals surface area contributed by atoms with Gasteiger partial charge in [-0.15, -0.1) is 0 Å². The van der Waals surface area contributed by atoms with E-state index in [2.05, 4.69) is 20.6 Å². The fourth-order valence-electron chi connectivity index (χ4n) is 3.44. The standard InChI is InChI=1S/C24H25ClFN5O3/c1-31(2)7-5-16(12-32)29-22-10-18-21(11-23(22)34-17-6-8-33-13-17)27-14-28-24(18)30-15-3-4-20(26)19(25)9-15/h3-5,9-12,14,17,29H,6-8,13H2,1-2H3,(H,27,28,30)/b16-5-/t17-/m0/s1. The molecular formula is C24H25ClFN5O3. The Morgan fingerprint density at radius 3 is 2.88 bits per heavy atom. The van der Waals surface area contributed by atoms with E-state index in [1.807, 2.05) is 25.1 Å². The van der Waals surface area contributed by atoms with Gasteiger partial charge in [0.25, 0.3) is 0 Å². The molecule has 0 spiro atoms. The van der Waals surface area contributed by atoms with Crippen LogP contribution >= 0.6 is 11.6 Å². The lowest BCUT2D eigenvalue weighted by Crippen LogP contribution is -2.17. The molecule has 1 aliphatic heterocycles. The molecule has 0 aliphatic carbocycles. The van der Waals surface area contributed by atoms with Gasteiger partial charge in [0.2, 0.25) is 0 Å². The van der Waals surface area contributed by atoms with Crippen LogP contribution in [0.1, 0.15) is 6.42 Å². The molecule has 0 unspecified atom stereocenters. The Bertz CT molecular complexity index is 1210. The monoisotopic (exact) mass is 485 g/mol. The largest absolute Gasteiger partial charge is 0.486 e. The van der Waals surface area contributed by atoms with Gasteiger partial charge in [-0.25, -0.2) is 14.4 Å². The van der Waals surface area contributed by atoms with Gasteiger partial charge in [0.1, 0.15) is 29.8 Å². The smallest absolute Gasteiger partial charge is 0.165 e. The summed E-state index contributed by atoms with van der Waals surface area (Å²) in [5.41, 5.74) is 2.20. The molecule has 0 amide bonds. The SMILES string of the molecule is CN(C)C/C=C(/C=O)Nc1cc2c(Nc3ccc(F)c(Cl)c3)ncnc2cc1O[C@H]1CCOC1. The van der Waals surface area contributed by atoms with Gasteiger partial charge in [-0.05, 0) is 44.4 Å². The number of allylic oxidation sites excluding steroid dienone is 1. The number of hydrogen-bond donors (Lipinski definition) is 2. The van der Waals surface area contributed by atoms with Crippen molar-refractivity contribution in [2.45, 2.75) is 12.5 Å². The third kappa shape index (κ3) is 5.80. The van der Waals surface area contributed by atoms with Crippen molar-refractivity contribution in [3.05, 3.63) is 59.3 Å². The number of rotatable bonds is 9. The number of likely N-dealkylation sites (N-methyl/N-ethyl adjacent to an activating group) is 1. The lowest BCUT2D eigenvalue weighted by molar-refractivity contribution is -0.104. The predicted octanol–water partition coefficient (Wildman–Crippen LogP) is 4.39. The minimum atomic E-state index is -0.505. The summed E-state index contributed by atoms with van der Waals surface area (Å²) < 4.78 is 25.2. The third-order valence-corrected chi connectivity index (χ3v) is 5.47. The number of carbonyl (C=O) groups excluding carboxylic acids is 1. The number of benzene rings is 2. The summed E-state index contributed by atoms with van der Waals surface area (Å²) in [6.07, 6.45) is 4.66. The maximum atomic E-state index is 13.6. The zero-order valence-corrected chi connectivity index (χ0v) is 19.6. The van der Waals surface area contributed by atoms with Gasteiger partial charge in [-0.3, -0.25) is 4.79 Å². The summed E-state index contributed by atoms with van der Waals surface area (Å²) >= 11 is 5.92. The van der Waals surface area contributed by atoms with E-state index in [9.17, 15) is 9.18 Å². The van der Waals surface area contributed by atoms with Crippen LogP contribution in [0.3, 0.4) is 0 Å². The Morgan fingerprint density at radius 1 is 1.32 bits per heavy atom. The molecule has 1 aromatic heterocycles. The zero-order chi connectivity index (χ0) is 24.1. The number of aromatic nitrogens is 2. The van der Waals surface area contributed by atoms with Crippen LogP contribution < -0.4 is 15.4 Å². The fourth-order valence-corrected chi connectivity index (χ4v) is 3.62. The van der Waals surface area contributed by atoms with Crippen molar-refractivity contribution in [2.24, 2.45) is 0 Å². The first-order chi connectivity index (χ1) is 16.4. The summed E-state index contributed by atoms with van der Waals surface area (Å²) in [6.45, 7) is 1.72. The van der Waals surface area contributed by atoms with E-state index in [4.69, 9.17) is 21.1 Å². The molecule has 10 heteroatoms. The van der Waals surface area contributed by atoms with Crippen molar-refractivity contribution in [3.8, 4) is 5.75 Å². The highest BCUT2D eigenvalue weighted by Gasteiger charge is 2.20. The zero-order valence-electron chi connectivity index (χ0n) is 18.8. The highest BCUT2D eigenvalue weighted by atomic mass is 35.5. The van der Waals surface area contributed by atoms with E-state index in [1.165, 1.54) is 18.5 Å². The van der Waals surface area contributed by atoms with Crippen LogP contribution in [0.4, 0.5) is 21.6 Å². The topological polar surface area (TPSA) is 88.6 Å². The molecule has 1 fully saturated rings. The molecule has 3 aromatic rings. The van der Waals surface area contributed by atoms with E-state index < -0.39 is 5.82 Å². The summed E-state index contributed by atoms with van der Waals surface area (Å²) in [6, 6.07) is 7.95. The Labute approximate surface area is 201 Å². The number of ether oxygens (including phenoxy) is 2. The van der Waals surface area contributed by atoms with Crippen LogP contribution in [0.15, 0.2) is 48.4 Å². The minimum Gasteiger partial charge on any atom is -0.486 e. The van der Waals surface area contributed by atoms with Crippen molar-refractivity contribution >= 4 is 46.0 Å². The maximum absolute atomic E-state index is 13.6. The predicted molar refractivity (Wildman–Crippen MR) is 130 cm³/mol. The van der Waals surface area contributed by atoms with Crippen molar-refractivity contribution < 1.29 is 18.7 Å². The summed E-state index contributed by atoms with van der Waals surface area (Å²) in [5, 5.41) is 7.01. The molecule has 4 rings (SSSR count). The second kappa shape index (κ2) is 10.8. The van der Waals surface area contributed by atoms with Gasteiger partial charge in [-0.2, -0.15) is 0 Å². The van der Waals surface area contributed by atoms with Crippen molar-refractivity contribution in [1.82, 2.24) is 14.9 Å². The van der Waals surface area contributed by atoms with Crippen LogP contribution in [0.2, 0.25) is 5.02 Å². The van der Waals surface area contributed by atoms with Crippen LogP contribution in [-0.4, -0.2) is 61.1 Å². The second-order valence-corrected chi connectivity index (χ2v) is 8.52. The molecule has 178 valence electrons. The molecule has 34 heavy (non-hydrogen) atoms. The first-order valence-corrected chi connectivity index (χ1v) is 11.1. The highest BCUT2D eigenvalue weighted by molar-refractivity contribution is 6.31. The van der Waals surface area contributed by atoms with Crippen molar-refractivity contribution in [1.29, 1.82) is 0 Å². The van der Waals surface area contributed by atoms with Gasteiger partial charge < -0.3 is 25.0 Å². The van der Waals surface area contributed by atoms with Gasteiger partial charge >= 0.3 is 0 Å². The quantitative estimate of drug-likeness (QED) is 0.341. The van der Waals surface area contributed by atoms with Crippen molar-refractivity contribution in [2.75, 3.05) is 44.5 Å². The molecule has 0 saturated carbocycles. The molecule has 1 atom stereocenters. The van der Waals surface area contributed by atoms with E-state index in [0.29, 0.717) is 59.3 Å². The van der Waals surface area contributed by atoms with Gasteiger partial charge in [0.05, 0.1) is 35.1 Å². The molecule has 1 aliphatic rings. The molecule has 8 nitrogen and oxygen atoms in total. The van der Waals surface area contributed by atoms with Crippen molar-refractivity contribution in [3.63, 3.8) is 0 Å². The number of nitrogens with zero attached hydrogens (tertiary/aromatic N) is 3. The molecule has 0 radical (unpaired) electrons. The van der Waals surface area contributed by atoms with Gasteiger partial charge in [-0.1, -0.05) is 11.6 Å². The summed E-state index contributed by atoms with van der Waals surface area (Å²) in [4.78, 5) is 22.4. The minimum absolute atomic E-state index is 0.00170. The molecule has 1 saturated heterocycles. The first kappa shape index (κ1) is 23.9. The van der Waals surface area contributed by atoms with Crippen LogP contribution in [0.25, 0.3) is 10.9 Å². The van der Waals surface area contributed by atoms with Crippen LogP contribution in [-0.2, 0) is 9.53 Å². The Kier molecular flexibility index (Phi) is 7.56. The second-order valence-electron chi connectivity index (χ2n) is 8.11. The molecular weight excluding hydrogens is 461 g/mol. The van der Waals surface area contributed by atoms with E-state index in [-0.39, 0.29) is 11.1 Å². The number of anilines is 3. The van der Waals surface area contributed by atoms with Crippen LogP contribution in [0, 0.1) is 5.82 Å². The normalized spacial score (nSPS) is 16.1. The first-order valence-electron chi connectivity index (χ1n) is 10.7. The number of nitrogens with one attached hydrogen (secondary N) is 2. The molecule has 2 N–H and O–H groups in total. The Balaban J connectivity index is 1.74. The van der Waals surface area contributed by atoms with E-state index >= 15 is 0 Å². The average molecular weight is 486 g/mol. The van der Waals surface area contributed by atoms with Gasteiger partial charge in [0.15, 0.2) is 6.29 Å². The lowest BCUT2D eigenvalue weighted by atomic mass is 10.1. The average Bonchev–Trinajstić information content (AvgIpc) is 3.32. The van der Waals surface area contributed by atoms with E-state index in [0.717, 1.165) is 12.7 Å². The molecule has 2 heterocycles. The Hall–Kier alpha value is -3.27. The Morgan fingerprint density at radius 2 is 2.18 bits per heavy atom. The number of halogens is 2. The third-order valence-electron chi connectivity index (χ3n) is 5.18. The fraction of sp³-hybridized carbons (Fsp3) is 0.292. The number of hydrogen-bond acceptors (Lipinski definition) is 8. The summed E-state index contributed by atoms with van der Waals surface area (Å²) in [5.74, 6) is 0.543. The van der Waals surface area contributed by atoms with Gasteiger partial charge in [0, 0.05) is 30.1 Å². The van der Waals surface area contributed by atoms with Crippen LogP contribution in [0.5, 0.6) is 5.75 Å². The maximum Gasteiger partial charge on any atom is 0.165 e. The number of fused-ring (bicyclic) bond motifs is 1. The molecule has 2 aromatic carbocycles. The molecule has 0 bridgehead atoms. The number of carbonyl (C=O) groups is 1. The number of aldehydes is 1.